The molecule has 0 radical (unpaired) electrons. The summed E-state index contributed by atoms with van der Waals surface area (Å²) in [6, 6.07) is 9.39. The van der Waals surface area contributed by atoms with Gasteiger partial charge in [-0.2, -0.15) is 0 Å². The fraction of sp³-hybridized carbons (Fsp3) is 0.660. The maximum Gasteiger partial charge on any atom is 0.425 e. The number of benzene rings is 1. The van der Waals surface area contributed by atoms with Crippen LogP contribution in [0, 0.1) is 30.6 Å². The van der Waals surface area contributed by atoms with Gasteiger partial charge in [0, 0.05) is 74.6 Å². The number of hydrogen-bond donors (Lipinski definition) is 2. The molecule has 19 heteroatoms. The predicted molar refractivity (Wildman–Crippen MR) is 251 cm³/mol. The highest BCUT2D eigenvalue weighted by Gasteiger charge is 2.60. The number of carbonyl (C=O) groups is 4. The number of aromatic nitrogens is 4. The minimum absolute atomic E-state index is 0.0444. The molecule has 0 aliphatic carbocycles. The first-order valence-electron chi connectivity index (χ1n) is 23.9. The number of ketones is 2. The van der Waals surface area contributed by atoms with E-state index in [0.717, 1.165) is 27.4 Å². The zero-order valence-corrected chi connectivity index (χ0v) is 42.0. The van der Waals surface area contributed by atoms with Gasteiger partial charge in [0.05, 0.1) is 23.5 Å². The molecule has 0 saturated carbocycles. The molecule has 0 spiro atoms. The average Bonchev–Trinajstić information content (AvgIpc) is 3.90. The van der Waals surface area contributed by atoms with Crippen molar-refractivity contribution in [1.82, 2.24) is 29.9 Å². The number of aliphatic hydroxyl groups is 1. The summed E-state index contributed by atoms with van der Waals surface area (Å²) in [7, 11) is 4.85. The lowest BCUT2D eigenvalue weighted by atomic mass is 9.73. The number of Topliss-reactive ketones (excluding diaryl/α,β-unsaturated/α-hetero) is 2. The number of alkyl halides is 1. The molecule has 3 saturated heterocycles. The first-order valence-corrected chi connectivity index (χ1v) is 23.9. The van der Waals surface area contributed by atoms with Crippen molar-refractivity contribution in [1.29, 1.82) is 0 Å². The van der Waals surface area contributed by atoms with Crippen LogP contribution in [0.1, 0.15) is 104 Å². The van der Waals surface area contributed by atoms with Gasteiger partial charge in [-0.15, -0.1) is 5.10 Å². The number of nitrogens with zero attached hydrogens (tertiary/aromatic N) is 6. The zero-order chi connectivity index (χ0) is 50.7. The quantitative estimate of drug-likeness (QED) is 0.0877. The molecule has 3 fully saturated rings. The van der Waals surface area contributed by atoms with Crippen LogP contribution in [-0.4, -0.2) is 147 Å². The lowest BCUT2D eigenvalue weighted by molar-refractivity contribution is -0.296. The second-order valence-electron chi connectivity index (χ2n) is 19.7. The highest BCUT2D eigenvalue weighted by Crippen LogP contribution is 2.42. The average molecular weight is 966 g/mol. The summed E-state index contributed by atoms with van der Waals surface area (Å²) in [5, 5.41) is 21.6. The van der Waals surface area contributed by atoms with Crippen molar-refractivity contribution >= 4 is 23.6 Å². The summed E-state index contributed by atoms with van der Waals surface area (Å²) in [4.78, 5) is 61.9. The number of cyclic esters (lactones) is 1. The standard InChI is InChI=1S/C50H72FN7O11/c1-13-39-50(9)44(58(52)48(63)69-50)30(5)40(59)27(2)23-49(8,65-12)45(31(6)41(60)32(7)46(62)67-39)68-47-42(61)37(22-29(4)66-47)56(10)21-20-36-26-57(55-54-36)38(24-51)43(64-11)34-18-16-33(17-19-34)35-15-14-28(3)53-25-35/h14-19,25-27,29-32,37-39,42-45,47,61H,13,20-24,52H2,1-12H3/t27-,29-,30+,31+,32-,37+,38-,39-,42-,43-,44-,45-,47+,49-,50-/m1/s1. The zero-order valence-electron chi connectivity index (χ0n) is 42.0. The highest BCUT2D eigenvalue weighted by molar-refractivity contribution is 6.00. The minimum atomic E-state index is -1.51. The number of hydrazine groups is 1. The largest absolute Gasteiger partial charge is 0.458 e. The van der Waals surface area contributed by atoms with Crippen LogP contribution in [0.3, 0.4) is 0 Å². The van der Waals surface area contributed by atoms with E-state index in [2.05, 4.69) is 15.3 Å². The number of hydrogen-bond acceptors (Lipinski definition) is 16. The van der Waals surface area contributed by atoms with E-state index >= 15 is 0 Å². The van der Waals surface area contributed by atoms with Crippen molar-refractivity contribution < 1.29 is 57.1 Å². The van der Waals surface area contributed by atoms with Crippen molar-refractivity contribution in [2.45, 2.75) is 154 Å². The highest BCUT2D eigenvalue weighted by atomic mass is 19.1. The predicted octanol–water partition coefficient (Wildman–Crippen LogP) is 5.54. The number of ether oxygens (including phenoxy) is 6. The number of pyridine rings is 1. The number of halogens is 1. The molecule has 69 heavy (non-hydrogen) atoms. The first kappa shape index (κ1) is 53.6. The molecular formula is C50H72FN7O11. The number of fused-ring (bicyclic) bond motifs is 1. The van der Waals surface area contributed by atoms with Gasteiger partial charge >= 0.3 is 12.1 Å². The van der Waals surface area contributed by atoms with E-state index in [4.69, 9.17) is 34.3 Å². The molecular weight excluding hydrogens is 894 g/mol. The third kappa shape index (κ3) is 11.1. The van der Waals surface area contributed by atoms with Crippen LogP contribution < -0.4 is 5.84 Å². The van der Waals surface area contributed by atoms with Crippen LogP contribution in [0.5, 0.6) is 0 Å². The Morgan fingerprint density at radius 1 is 1.00 bits per heavy atom. The number of carbonyl (C=O) groups excluding carboxylic acids is 4. The van der Waals surface area contributed by atoms with Gasteiger partial charge in [-0.3, -0.25) is 19.4 Å². The second kappa shape index (κ2) is 22.1. The molecule has 2 aromatic heterocycles. The summed E-state index contributed by atoms with van der Waals surface area (Å²) < 4.78 is 53.0. The lowest BCUT2D eigenvalue weighted by Crippen LogP contribution is -2.61. The Labute approximate surface area is 404 Å². The van der Waals surface area contributed by atoms with Gasteiger partial charge < -0.3 is 38.4 Å². The number of aliphatic hydroxyl groups excluding tert-OH is 1. The summed E-state index contributed by atoms with van der Waals surface area (Å²) in [6.45, 7) is 15.0. The number of esters is 1. The molecule has 3 aliphatic heterocycles. The molecule has 5 heterocycles. The van der Waals surface area contributed by atoms with Crippen molar-refractivity contribution in [3.05, 3.63) is 65.7 Å². The van der Waals surface area contributed by atoms with Crippen LogP contribution in [-0.2, 0) is 49.2 Å². The minimum Gasteiger partial charge on any atom is -0.458 e. The first-order chi connectivity index (χ1) is 32.6. The van der Waals surface area contributed by atoms with E-state index in [1.165, 1.54) is 25.8 Å². The number of amides is 1. The molecule has 3 aromatic rings. The smallest absolute Gasteiger partial charge is 0.425 e. The van der Waals surface area contributed by atoms with Crippen LogP contribution in [0.4, 0.5) is 9.18 Å². The van der Waals surface area contributed by atoms with Gasteiger partial charge in [0.25, 0.3) is 0 Å². The molecule has 18 nitrogen and oxygen atoms in total. The molecule has 380 valence electrons. The Morgan fingerprint density at radius 3 is 2.29 bits per heavy atom. The molecule has 3 aliphatic rings. The van der Waals surface area contributed by atoms with Crippen molar-refractivity contribution in [2.75, 3.05) is 34.5 Å². The van der Waals surface area contributed by atoms with Crippen molar-refractivity contribution in [2.24, 2.45) is 29.5 Å². The van der Waals surface area contributed by atoms with Gasteiger partial charge in [0.1, 0.15) is 48.8 Å². The van der Waals surface area contributed by atoms with E-state index < -0.39 is 114 Å². The Bertz CT molecular complexity index is 2250. The molecule has 0 bridgehead atoms. The van der Waals surface area contributed by atoms with E-state index in [1.807, 2.05) is 68.4 Å². The molecule has 15 atom stereocenters. The summed E-state index contributed by atoms with van der Waals surface area (Å²) >= 11 is 0. The van der Waals surface area contributed by atoms with Gasteiger partial charge in [-0.25, -0.2) is 24.7 Å². The number of nitrogens with two attached hydrogens (primary N) is 1. The maximum absolute atomic E-state index is 14.8. The molecule has 6 rings (SSSR count). The lowest BCUT2D eigenvalue weighted by Gasteiger charge is -2.47. The van der Waals surface area contributed by atoms with Gasteiger partial charge in [-0.05, 0) is 78.1 Å². The van der Waals surface area contributed by atoms with Crippen LogP contribution in [0.15, 0.2) is 48.8 Å². The summed E-state index contributed by atoms with van der Waals surface area (Å²) in [5.41, 5.74) is 1.38. The second-order valence-corrected chi connectivity index (χ2v) is 19.7. The van der Waals surface area contributed by atoms with Crippen LogP contribution >= 0.6 is 0 Å². The Kier molecular flexibility index (Phi) is 17.2. The number of likely N-dealkylation sites (N-methyl/N-ethyl adjacent to an activating group) is 1. The van der Waals surface area contributed by atoms with E-state index in [9.17, 15) is 28.7 Å². The molecule has 3 N–H and O–H groups in total. The fourth-order valence-electron chi connectivity index (χ4n) is 10.7. The topological polar surface area (TPSA) is 220 Å². The molecule has 1 amide bonds. The van der Waals surface area contributed by atoms with Gasteiger partial charge in [0.15, 0.2) is 17.7 Å². The number of methoxy groups -OCH3 is 2. The van der Waals surface area contributed by atoms with Crippen LogP contribution in [0.25, 0.3) is 11.1 Å². The third-order valence-corrected chi connectivity index (χ3v) is 14.9. The van der Waals surface area contributed by atoms with Gasteiger partial charge in [-0.1, -0.05) is 63.2 Å². The number of rotatable bonds is 14. The van der Waals surface area contributed by atoms with Crippen molar-refractivity contribution in [3.8, 4) is 11.1 Å². The third-order valence-electron chi connectivity index (χ3n) is 14.9. The monoisotopic (exact) mass is 966 g/mol. The number of aryl methyl sites for hydroxylation is 1. The Balaban J connectivity index is 1.18. The van der Waals surface area contributed by atoms with Crippen molar-refractivity contribution in [3.63, 3.8) is 0 Å². The fourth-order valence-corrected chi connectivity index (χ4v) is 10.7. The maximum atomic E-state index is 14.8. The Hall–Kier alpha value is -4.76. The van der Waals surface area contributed by atoms with E-state index in [-0.39, 0.29) is 18.6 Å². The van der Waals surface area contributed by atoms with Crippen LogP contribution in [0.2, 0.25) is 0 Å². The van der Waals surface area contributed by atoms with Gasteiger partial charge in [0.2, 0.25) is 0 Å². The summed E-state index contributed by atoms with van der Waals surface area (Å²) in [6.07, 6.45) is -2.01. The van der Waals surface area contributed by atoms with E-state index in [1.54, 1.807) is 47.7 Å². The summed E-state index contributed by atoms with van der Waals surface area (Å²) in [5.74, 6) is 0.671. The van der Waals surface area contributed by atoms with E-state index in [0.29, 0.717) is 25.1 Å². The molecule has 1 aromatic carbocycles. The molecule has 0 unspecified atom stereocenters. The normalized spacial score (nSPS) is 33.7. The SMILES string of the molecule is CC[C@H]1OC(=O)[C@H](C)C(=O)[C@H](C)[C@@H](O[C@@H]2O[C@H](C)C[C@H](N(C)CCc3cn([C@H](CF)[C@H](OC)c4ccc(-c5ccc(C)nc5)cc4)nn3)[C@H]2O)[C@](C)(OC)C[C@@H](C)C(=O)[C@H](C)[C@H]2N(N)C(=O)O[C@]12C. The Morgan fingerprint density at radius 2 is 1.68 bits per heavy atom.